The van der Waals surface area contributed by atoms with E-state index in [1.54, 1.807) is 55.6 Å². The number of hydrogen-bond donors (Lipinski definition) is 2. The Hall–Kier alpha value is -5.26. The lowest BCUT2D eigenvalue weighted by atomic mass is 10.1. The number of imidazole rings is 1. The average Bonchev–Trinajstić information content (AvgIpc) is 3.38. The van der Waals surface area contributed by atoms with Crippen LogP contribution in [0.1, 0.15) is 74.6 Å². The van der Waals surface area contributed by atoms with E-state index in [0.29, 0.717) is 29.0 Å². The summed E-state index contributed by atoms with van der Waals surface area (Å²) in [6.07, 6.45) is 4.74. The van der Waals surface area contributed by atoms with E-state index in [1.165, 1.54) is 4.90 Å². The third kappa shape index (κ3) is 9.62. The molecular weight excluding hydrogens is 598 g/mol. The lowest BCUT2D eigenvalue weighted by Gasteiger charge is -2.21. The van der Waals surface area contributed by atoms with Gasteiger partial charge in [0.1, 0.15) is 23.6 Å². The van der Waals surface area contributed by atoms with Crippen LogP contribution in [-0.4, -0.2) is 57.6 Å². The molecule has 12 nitrogen and oxygen atoms in total. The molecule has 47 heavy (non-hydrogen) atoms. The number of ether oxygens (including phenoxy) is 2. The molecule has 0 aliphatic heterocycles. The SMILES string of the molecule is CCCCCC(C)OC(=O)/N=C(\N)c1ccc(NCc2nc3cc(C(=O)N(CCC(=O)OCC)c4ccccn4)ccc3n2C)cc1. The summed E-state index contributed by atoms with van der Waals surface area (Å²) in [4.78, 5) is 52.3. The highest BCUT2D eigenvalue weighted by Gasteiger charge is 2.21. The molecule has 4 rings (SSSR count). The van der Waals surface area contributed by atoms with Crippen LogP contribution in [0, 0.1) is 0 Å². The molecule has 2 amide bonds. The topological polar surface area (TPSA) is 154 Å². The van der Waals surface area contributed by atoms with Crippen LogP contribution in [0.5, 0.6) is 0 Å². The largest absolute Gasteiger partial charge is 0.466 e. The molecule has 0 aliphatic carbocycles. The molecule has 0 radical (unpaired) electrons. The molecule has 248 valence electrons. The number of nitrogens with one attached hydrogen (secondary N) is 1. The van der Waals surface area contributed by atoms with E-state index in [4.69, 9.17) is 20.2 Å². The maximum atomic E-state index is 13.6. The Morgan fingerprint density at radius 2 is 1.81 bits per heavy atom. The number of fused-ring (bicyclic) bond motifs is 1. The number of amides is 2. The number of anilines is 2. The van der Waals surface area contributed by atoms with E-state index in [0.717, 1.165) is 42.7 Å². The molecule has 12 heteroatoms. The summed E-state index contributed by atoms with van der Waals surface area (Å²) in [5, 5.41) is 3.35. The number of aryl methyl sites for hydroxylation is 1. The van der Waals surface area contributed by atoms with E-state index >= 15 is 0 Å². The lowest BCUT2D eigenvalue weighted by molar-refractivity contribution is -0.142. The van der Waals surface area contributed by atoms with Crippen LogP contribution in [0.4, 0.5) is 16.3 Å². The zero-order chi connectivity index (χ0) is 33.8. The van der Waals surface area contributed by atoms with Crippen molar-refractivity contribution in [2.75, 3.05) is 23.4 Å². The van der Waals surface area contributed by atoms with Gasteiger partial charge in [-0.05, 0) is 81.3 Å². The van der Waals surface area contributed by atoms with E-state index in [9.17, 15) is 14.4 Å². The molecule has 0 bridgehead atoms. The molecule has 0 saturated carbocycles. The molecule has 3 N–H and O–H groups in total. The third-order valence-corrected chi connectivity index (χ3v) is 7.60. The second-order valence-electron chi connectivity index (χ2n) is 11.1. The van der Waals surface area contributed by atoms with Crippen molar-refractivity contribution in [3.63, 3.8) is 0 Å². The van der Waals surface area contributed by atoms with Gasteiger partial charge >= 0.3 is 12.1 Å². The summed E-state index contributed by atoms with van der Waals surface area (Å²) in [5.74, 6) is 0.615. The van der Waals surface area contributed by atoms with Crippen LogP contribution < -0.4 is 16.0 Å². The minimum Gasteiger partial charge on any atom is -0.466 e. The molecule has 0 aliphatic rings. The van der Waals surface area contributed by atoms with Crippen LogP contribution in [0.15, 0.2) is 71.9 Å². The van der Waals surface area contributed by atoms with Crippen LogP contribution in [-0.2, 0) is 27.9 Å². The van der Waals surface area contributed by atoms with Crippen molar-refractivity contribution in [3.8, 4) is 0 Å². The summed E-state index contributed by atoms with van der Waals surface area (Å²) in [7, 11) is 1.91. The third-order valence-electron chi connectivity index (χ3n) is 7.60. The molecule has 1 unspecified atom stereocenters. The molecular formula is C35H43N7O5. The number of rotatable bonds is 15. The highest BCUT2D eigenvalue weighted by atomic mass is 16.6. The number of carbonyl (C=O) groups excluding carboxylic acids is 3. The Morgan fingerprint density at radius 1 is 1.04 bits per heavy atom. The first-order valence-electron chi connectivity index (χ1n) is 15.9. The Morgan fingerprint density at radius 3 is 2.51 bits per heavy atom. The standard InChI is InChI=1S/C35H43N7O5/c1-5-7-8-11-24(3)47-35(45)40-33(36)25-13-16-27(17-14-25)38-23-31-39-28-22-26(15-18-29(28)41(31)4)34(44)42(21-19-32(43)46-6-2)30-12-9-10-20-37-30/h9-10,12-18,20,22,24,38H,5-8,11,19,21,23H2,1-4H3,(H2,36,40,45). The molecule has 0 saturated heterocycles. The van der Waals surface area contributed by atoms with Crippen molar-refractivity contribution in [1.29, 1.82) is 0 Å². The number of aromatic nitrogens is 3. The van der Waals surface area contributed by atoms with Crippen molar-refractivity contribution in [1.82, 2.24) is 14.5 Å². The molecule has 2 aromatic carbocycles. The van der Waals surface area contributed by atoms with Gasteiger partial charge in [-0.15, -0.1) is 0 Å². The summed E-state index contributed by atoms with van der Waals surface area (Å²) in [5.41, 5.74) is 9.44. The Bertz CT molecular complexity index is 1690. The average molecular weight is 642 g/mol. The first-order chi connectivity index (χ1) is 22.7. The molecule has 0 spiro atoms. The van der Waals surface area contributed by atoms with Gasteiger partial charge in [0, 0.05) is 36.6 Å². The molecule has 0 fully saturated rings. The quantitative estimate of drug-likeness (QED) is 0.0689. The van der Waals surface area contributed by atoms with Gasteiger partial charge in [0.05, 0.1) is 30.6 Å². The fraction of sp³-hybridized carbons (Fsp3) is 0.371. The number of carbonyl (C=O) groups is 3. The highest BCUT2D eigenvalue weighted by molar-refractivity contribution is 6.07. The van der Waals surface area contributed by atoms with E-state index in [1.807, 2.05) is 36.7 Å². The van der Waals surface area contributed by atoms with Gasteiger partial charge in [-0.2, -0.15) is 4.99 Å². The molecule has 4 aromatic rings. The minimum atomic E-state index is -0.693. The van der Waals surface area contributed by atoms with E-state index in [2.05, 4.69) is 22.2 Å². The van der Waals surface area contributed by atoms with Crippen LogP contribution in [0.2, 0.25) is 0 Å². The van der Waals surface area contributed by atoms with E-state index < -0.39 is 6.09 Å². The number of esters is 1. The maximum Gasteiger partial charge on any atom is 0.435 e. The summed E-state index contributed by atoms with van der Waals surface area (Å²) in [6, 6.07) is 17.9. The fourth-order valence-electron chi connectivity index (χ4n) is 5.01. The van der Waals surface area contributed by atoms with Crippen LogP contribution in [0.3, 0.4) is 0 Å². The molecule has 1 atom stereocenters. The number of aliphatic imine (C=N–C) groups is 1. The maximum absolute atomic E-state index is 13.6. The van der Waals surface area contributed by atoms with Gasteiger partial charge in [0.25, 0.3) is 5.91 Å². The van der Waals surface area contributed by atoms with Crippen molar-refractivity contribution in [2.24, 2.45) is 17.8 Å². The smallest absolute Gasteiger partial charge is 0.435 e. The van der Waals surface area contributed by atoms with Crippen molar-refractivity contribution in [3.05, 3.63) is 83.8 Å². The number of amidine groups is 1. The number of hydrogen-bond acceptors (Lipinski definition) is 8. The minimum absolute atomic E-state index is 0.0448. The number of benzene rings is 2. The van der Waals surface area contributed by atoms with Gasteiger partial charge in [-0.25, -0.2) is 14.8 Å². The Labute approximate surface area is 275 Å². The van der Waals surface area contributed by atoms with Crippen molar-refractivity contribution in [2.45, 2.75) is 65.5 Å². The summed E-state index contributed by atoms with van der Waals surface area (Å²) >= 11 is 0. The second-order valence-corrected chi connectivity index (χ2v) is 11.1. The number of nitrogens with two attached hydrogens (primary N) is 1. The number of nitrogens with zero attached hydrogens (tertiary/aromatic N) is 5. The van der Waals surface area contributed by atoms with Crippen LogP contribution in [0.25, 0.3) is 11.0 Å². The zero-order valence-electron chi connectivity index (χ0n) is 27.4. The predicted octanol–water partition coefficient (Wildman–Crippen LogP) is 5.99. The van der Waals surface area contributed by atoms with Gasteiger partial charge in [-0.1, -0.05) is 25.8 Å². The Kier molecular flexibility index (Phi) is 12.4. The first kappa shape index (κ1) is 34.6. The van der Waals surface area contributed by atoms with Gasteiger partial charge < -0.3 is 25.1 Å². The van der Waals surface area contributed by atoms with Crippen LogP contribution >= 0.6 is 0 Å². The second kappa shape index (κ2) is 16.9. The first-order valence-corrected chi connectivity index (χ1v) is 15.9. The summed E-state index contributed by atoms with van der Waals surface area (Å²) in [6.45, 7) is 6.54. The van der Waals surface area contributed by atoms with Crippen molar-refractivity contribution < 1.29 is 23.9 Å². The lowest BCUT2D eigenvalue weighted by Crippen LogP contribution is -2.34. The predicted molar refractivity (Wildman–Crippen MR) is 182 cm³/mol. The summed E-state index contributed by atoms with van der Waals surface area (Å²) < 4.78 is 12.4. The Balaban J connectivity index is 1.41. The van der Waals surface area contributed by atoms with Gasteiger partial charge in [0.2, 0.25) is 0 Å². The zero-order valence-corrected chi connectivity index (χ0v) is 27.4. The monoisotopic (exact) mass is 641 g/mol. The molecule has 2 aromatic heterocycles. The fourth-order valence-corrected chi connectivity index (χ4v) is 5.01. The molecule has 2 heterocycles. The van der Waals surface area contributed by atoms with Gasteiger partial charge in [-0.3, -0.25) is 14.5 Å². The number of unbranched alkanes of at least 4 members (excludes halogenated alkanes) is 2. The van der Waals surface area contributed by atoms with Crippen molar-refractivity contribution >= 4 is 46.3 Å². The normalized spacial score (nSPS) is 12.0. The highest BCUT2D eigenvalue weighted by Crippen LogP contribution is 2.21. The van der Waals surface area contributed by atoms with E-state index in [-0.39, 0.29) is 43.4 Å². The van der Waals surface area contributed by atoms with Gasteiger partial charge in [0.15, 0.2) is 0 Å². The number of pyridine rings is 1.